The van der Waals surface area contributed by atoms with Crippen molar-refractivity contribution in [1.29, 1.82) is 0 Å². The van der Waals surface area contributed by atoms with Crippen molar-refractivity contribution >= 4 is 39.9 Å². The van der Waals surface area contributed by atoms with Gasteiger partial charge in [0.2, 0.25) is 5.91 Å². The number of benzene rings is 2. The van der Waals surface area contributed by atoms with E-state index in [4.69, 9.17) is 20.8 Å². The summed E-state index contributed by atoms with van der Waals surface area (Å²) in [5.41, 5.74) is 4.37. The van der Waals surface area contributed by atoms with Gasteiger partial charge >= 0.3 is 0 Å². The monoisotopic (exact) mass is 432 g/mol. The number of furan rings is 1. The van der Waals surface area contributed by atoms with Crippen molar-refractivity contribution in [3.8, 4) is 16.9 Å². The molecular weight excluding hydrogens is 412 g/mol. The van der Waals surface area contributed by atoms with Gasteiger partial charge in [0, 0.05) is 34.9 Å². The second-order valence-corrected chi connectivity index (χ2v) is 7.41. The van der Waals surface area contributed by atoms with Crippen molar-refractivity contribution in [2.45, 2.75) is 13.8 Å². The molecule has 0 spiro atoms. The first-order valence-electron chi connectivity index (χ1n) is 9.90. The molecule has 0 aliphatic carbocycles. The molecule has 1 N–H and O–H groups in total. The highest BCUT2D eigenvalue weighted by molar-refractivity contribution is 6.30. The zero-order chi connectivity index (χ0) is 21.8. The molecule has 0 unspecified atom stereocenters. The summed E-state index contributed by atoms with van der Waals surface area (Å²) < 4.78 is 11.6. The summed E-state index contributed by atoms with van der Waals surface area (Å²) in [6.45, 7) is 4.29. The minimum Gasteiger partial charge on any atom is -0.493 e. The summed E-state index contributed by atoms with van der Waals surface area (Å²) in [4.78, 5) is 16.6. The molecule has 0 aliphatic rings. The van der Waals surface area contributed by atoms with Crippen molar-refractivity contribution in [1.82, 2.24) is 4.98 Å². The number of pyridine rings is 1. The number of anilines is 1. The minimum absolute atomic E-state index is 0.287. The maximum Gasteiger partial charge on any atom is 0.249 e. The zero-order valence-corrected chi connectivity index (χ0v) is 17.9. The minimum atomic E-state index is -0.287. The van der Waals surface area contributed by atoms with Crippen molar-refractivity contribution in [3.63, 3.8) is 0 Å². The standard InChI is InChI=1S/C25H21ClN2O3/c1-3-30-22-13-23-20(21(15-31-23)17-7-5-4-6-8-17)12-19(22)16(2)11-25(29)28-24-10-9-18(26)14-27-24/h4-15H,3H2,1-2H3,(H,27,28,29)/b16-11+. The number of allylic oxidation sites excluding steroid dienone is 1. The van der Waals surface area contributed by atoms with Gasteiger partial charge in [-0.25, -0.2) is 4.98 Å². The van der Waals surface area contributed by atoms with Gasteiger partial charge in [0.1, 0.15) is 17.2 Å². The zero-order valence-electron chi connectivity index (χ0n) is 17.2. The lowest BCUT2D eigenvalue weighted by Crippen LogP contribution is -2.10. The van der Waals surface area contributed by atoms with Gasteiger partial charge in [0.15, 0.2) is 0 Å². The van der Waals surface area contributed by atoms with E-state index < -0.39 is 0 Å². The molecule has 4 aromatic rings. The molecule has 4 rings (SSSR count). The summed E-state index contributed by atoms with van der Waals surface area (Å²) in [7, 11) is 0. The predicted molar refractivity (Wildman–Crippen MR) is 124 cm³/mol. The molecule has 5 nitrogen and oxygen atoms in total. The van der Waals surface area contributed by atoms with Crippen LogP contribution in [0.5, 0.6) is 5.75 Å². The van der Waals surface area contributed by atoms with Gasteiger partial charge in [-0.05, 0) is 43.2 Å². The van der Waals surface area contributed by atoms with E-state index in [1.807, 2.05) is 56.3 Å². The van der Waals surface area contributed by atoms with E-state index in [-0.39, 0.29) is 5.91 Å². The normalized spacial score (nSPS) is 11.5. The lowest BCUT2D eigenvalue weighted by Gasteiger charge is -2.12. The van der Waals surface area contributed by atoms with Crippen molar-refractivity contribution < 1.29 is 13.9 Å². The summed E-state index contributed by atoms with van der Waals surface area (Å²) in [5.74, 6) is 0.806. The SMILES string of the molecule is CCOc1cc2occ(-c3ccccc3)c2cc1/C(C)=C/C(=O)Nc1ccc(Cl)cn1. The van der Waals surface area contributed by atoms with E-state index in [0.29, 0.717) is 23.2 Å². The number of nitrogens with zero attached hydrogens (tertiary/aromatic N) is 1. The molecule has 0 radical (unpaired) electrons. The Labute approximate surface area is 185 Å². The van der Waals surface area contributed by atoms with E-state index in [0.717, 1.165) is 33.2 Å². The van der Waals surface area contributed by atoms with Crippen LogP contribution >= 0.6 is 11.6 Å². The van der Waals surface area contributed by atoms with Gasteiger partial charge in [-0.2, -0.15) is 0 Å². The van der Waals surface area contributed by atoms with E-state index in [9.17, 15) is 4.79 Å². The molecule has 2 aromatic heterocycles. The van der Waals surface area contributed by atoms with E-state index in [2.05, 4.69) is 10.3 Å². The van der Waals surface area contributed by atoms with Crippen LogP contribution in [0.1, 0.15) is 19.4 Å². The van der Waals surface area contributed by atoms with Crippen LogP contribution in [0.3, 0.4) is 0 Å². The van der Waals surface area contributed by atoms with Crippen molar-refractivity contribution in [2.75, 3.05) is 11.9 Å². The Balaban J connectivity index is 1.71. The fourth-order valence-electron chi connectivity index (χ4n) is 3.37. The Morgan fingerprint density at radius 2 is 2.00 bits per heavy atom. The second kappa shape index (κ2) is 9.06. The number of carbonyl (C=O) groups is 1. The van der Waals surface area contributed by atoms with Gasteiger partial charge < -0.3 is 14.5 Å². The lowest BCUT2D eigenvalue weighted by molar-refractivity contribution is -0.111. The molecule has 0 bridgehead atoms. The van der Waals surface area contributed by atoms with Crippen LogP contribution in [-0.2, 0) is 4.79 Å². The highest BCUT2D eigenvalue weighted by atomic mass is 35.5. The lowest BCUT2D eigenvalue weighted by atomic mass is 9.99. The number of nitrogens with one attached hydrogen (secondary N) is 1. The summed E-state index contributed by atoms with van der Waals surface area (Å²) in [5, 5.41) is 4.21. The Morgan fingerprint density at radius 1 is 1.19 bits per heavy atom. The summed E-state index contributed by atoms with van der Waals surface area (Å²) in [6.07, 6.45) is 4.76. The highest BCUT2D eigenvalue weighted by Crippen LogP contribution is 2.37. The number of fused-ring (bicyclic) bond motifs is 1. The van der Waals surface area contributed by atoms with E-state index >= 15 is 0 Å². The van der Waals surface area contributed by atoms with Crippen LogP contribution in [0.4, 0.5) is 5.82 Å². The van der Waals surface area contributed by atoms with Crippen molar-refractivity contribution in [3.05, 3.63) is 83.7 Å². The topological polar surface area (TPSA) is 64.4 Å². The molecule has 0 atom stereocenters. The largest absolute Gasteiger partial charge is 0.493 e. The molecular formula is C25H21ClN2O3. The third-order valence-electron chi connectivity index (χ3n) is 4.81. The fraction of sp³-hybridized carbons (Fsp3) is 0.120. The van der Waals surface area contributed by atoms with Gasteiger partial charge in [0.25, 0.3) is 0 Å². The summed E-state index contributed by atoms with van der Waals surface area (Å²) in [6, 6.07) is 17.2. The highest BCUT2D eigenvalue weighted by Gasteiger charge is 2.15. The molecule has 1 amide bonds. The number of hydrogen-bond donors (Lipinski definition) is 1. The first-order valence-corrected chi connectivity index (χ1v) is 10.3. The molecule has 2 heterocycles. The molecule has 31 heavy (non-hydrogen) atoms. The van der Waals surface area contributed by atoms with Gasteiger partial charge in [0.05, 0.1) is 17.9 Å². The van der Waals surface area contributed by atoms with E-state index in [1.165, 1.54) is 12.3 Å². The van der Waals surface area contributed by atoms with Crippen LogP contribution in [0, 0.1) is 0 Å². The Hall–Kier alpha value is -3.57. The Bertz CT molecular complexity index is 1250. The number of rotatable bonds is 6. The fourth-order valence-corrected chi connectivity index (χ4v) is 3.48. The first-order chi connectivity index (χ1) is 15.0. The van der Waals surface area contributed by atoms with Crippen LogP contribution in [-0.4, -0.2) is 17.5 Å². The number of hydrogen-bond acceptors (Lipinski definition) is 4. The smallest absolute Gasteiger partial charge is 0.249 e. The van der Waals surface area contributed by atoms with E-state index in [1.54, 1.807) is 18.4 Å². The second-order valence-electron chi connectivity index (χ2n) is 6.97. The van der Waals surface area contributed by atoms with Crippen LogP contribution in [0.25, 0.3) is 27.7 Å². The Kier molecular flexibility index (Phi) is 6.05. The number of aromatic nitrogens is 1. The van der Waals surface area contributed by atoms with Crippen molar-refractivity contribution in [2.24, 2.45) is 0 Å². The first kappa shape index (κ1) is 20.7. The molecule has 0 fully saturated rings. The number of amides is 1. The molecule has 0 saturated carbocycles. The van der Waals surface area contributed by atoms with Crippen LogP contribution in [0.15, 0.2) is 77.6 Å². The molecule has 0 saturated heterocycles. The summed E-state index contributed by atoms with van der Waals surface area (Å²) >= 11 is 5.85. The van der Waals surface area contributed by atoms with Crippen LogP contribution < -0.4 is 10.1 Å². The molecule has 0 aliphatic heterocycles. The maximum absolute atomic E-state index is 12.5. The number of carbonyl (C=O) groups excluding carboxylic acids is 1. The van der Waals surface area contributed by atoms with Gasteiger partial charge in [-0.1, -0.05) is 41.9 Å². The quantitative estimate of drug-likeness (QED) is 0.349. The van der Waals surface area contributed by atoms with Crippen LogP contribution in [0.2, 0.25) is 5.02 Å². The van der Waals surface area contributed by atoms with Gasteiger partial charge in [-0.15, -0.1) is 0 Å². The Morgan fingerprint density at radius 3 is 2.71 bits per heavy atom. The average molecular weight is 433 g/mol. The average Bonchev–Trinajstić information content (AvgIpc) is 3.18. The number of halogens is 1. The van der Waals surface area contributed by atoms with Gasteiger partial charge in [-0.3, -0.25) is 4.79 Å². The number of ether oxygens (including phenoxy) is 1. The third kappa shape index (κ3) is 4.62. The molecule has 156 valence electrons. The molecule has 6 heteroatoms. The molecule has 2 aromatic carbocycles. The predicted octanol–water partition coefficient (Wildman–Crippen LogP) is 6.59. The maximum atomic E-state index is 12.5. The third-order valence-corrected chi connectivity index (χ3v) is 5.04.